The molecular formula is C31H26F4O3. The van der Waals surface area contributed by atoms with Crippen molar-refractivity contribution in [1.29, 1.82) is 0 Å². The summed E-state index contributed by atoms with van der Waals surface area (Å²) in [7, 11) is 0. The van der Waals surface area contributed by atoms with Crippen molar-refractivity contribution in [2.45, 2.75) is 33.1 Å². The van der Waals surface area contributed by atoms with Crippen molar-refractivity contribution in [3.05, 3.63) is 107 Å². The summed E-state index contributed by atoms with van der Waals surface area (Å²) < 4.78 is 69.1. The first kappa shape index (κ1) is 26.9. The molecule has 0 spiro atoms. The van der Waals surface area contributed by atoms with Crippen LogP contribution in [0.4, 0.5) is 17.6 Å². The number of rotatable bonds is 9. The van der Waals surface area contributed by atoms with Crippen molar-refractivity contribution in [3.63, 3.8) is 0 Å². The van der Waals surface area contributed by atoms with Crippen LogP contribution >= 0.6 is 0 Å². The Morgan fingerprint density at radius 2 is 1.26 bits per heavy atom. The molecule has 0 aliphatic heterocycles. The van der Waals surface area contributed by atoms with E-state index in [2.05, 4.69) is 0 Å². The average molecular weight is 523 g/mol. The predicted octanol–water partition coefficient (Wildman–Crippen LogP) is 8.67. The van der Waals surface area contributed by atoms with Gasteiger partial charge in [-0.05, 0) is 48.7 Å². The topological polar surface area (TPSA) is 35.5 Å². The van der Waals surface area contributed by atoms with E-state index >= 15 is 0 Å². The molecule has 0 aromatic heterocycles. The maximum atomic E-state index is 14.9. The number of unbranched alkanes of at least 4 members (excludes halogenated alkanes) is 2. The van der Waals surface area contributed by atoms with Gasteiger partial charge < -0.3 is 9.47 Å². The number of esters is 1. The molecule has 0 amide bonds. The van der Waals surface area contributed by atoms with Crippen molar-refractivity contribution < 1.29 is 31.8 Å². The molecule has 0 atom stereocenters. The number of halogens is 4. The lowest BCUT2D eigenvalue weighted by atomic mass is 9.98. The van der Waals surface area contributed by atoms with E-state index in [1.165, 1.54) is 42.5 Å². The van der Waals surface area contributed by atoms with Crippen LogP contribution in [0.25, 0.3) is 22.3 Å². The zero-order valence-electron chi connectivity index (χ0n) is 21.0. The molecule has 0 N–H and O–H groups in total. The van der Waals surface area contributed by atoms with Crippen LogP contribution < -0.4 is 9.47 Å². The van der Waals surface area contributed by atoms with Gasteiger partial charge in [0.25, 0.3) is 0 Å². The van der Waals surface area contributed by atoms with Crippen molar-refractivity contribution in [1.82, 2.24) is 0 Å². The summed E-state index contributed by atoms with van der Waals surface area (Å²) >= 11 is 0. The Kier molecular flexibility index (Phi) is 8.46. The first-order valence-electron chi connectivity index (χ1n) is 12.3. The average Bonchev–Trinajstić information content (AvgIpc) is 2.91. The molecule has 0 radical (unpaired) electrons. The van der Waals surface area contributed by atoms with Crippen molar-refractivity contribution in [2.24, 2.45) is 0 Å². The predicted molar refractivity (Wildman–Crippen MR) is 138 cm³/mol. The molecule has 7 heteroatoms. The van der Waals surface area contributed by atoms with E-state index in [1.807, 2.05) is 26.0 Å². The van der Waals surface area contributed by atoms with E-state index in [-0.39, 0.29) is 29.2 Å². The number of benzene rings is 4. The van der Waals surface area contributed by atoms with Gasteiger partial charge in [0.1, 0.15) is 5.75 Å². The van der Waals surface area contributed by atoms with Crippen molar-refractivity contribution in [3.8, 4) is 33.8 Å². The molecule has 0 saturated heterocycles. The van der Waals surface area contributed by atoms with E-state index in [4.69, 9.17) is 9.47 Å². The lowest BCUT2D eigenvalue weighted by molar-refractivity contribution is 0.0728. The van der Waals surface area contributed by atoms with Gasteiger partial charge >= 0.3 is 5.97 Å². The van der Waals surface area contributed by atoms with Gasteiger partial charge in [0, 0.05) is 11.1 Å². The van der Waals surface area contributed by atoms with Gasteiger partial charge in [-0.1, -0.05) is 73.9 Å². The number of hydrogen-bond acceptors (Lipinski definition) is 3. The van der Waals surface area contributed by atoms with E-state index < -0.39 is 34.8 Å². The minimum absolute atomic E-state index is 0.0237. The van der Waals surface area contributed by atoms with Crippen LogP contribution in [0.5, 0.6) is 11.5 Å². The van der Waals surface area contributed by atoms with Crippen LogP contribution in [-0.2, 0) is 0 Å². The van der Waals surface area contributed by atoms with Gasteiger partial charge in [0.15, 0.2) is 23.2 Å². The summed E-state index contributed by atoms with van der Waals surface area (Å²) in [5, 5.41) is 0. The van der Waals surface area contributed by atoms with Crippen LogP contribution in [0.2, 0.25) is 0 Å². The Labute approximate surface area is 218 Å². The second-order valence-electron chi connectivity index (χ2n) is 8.86. The number of aryl methyl sites for hydroxylation is 1. The molecule has 38 heavy (non-hydrogen) atoms. The summed E-state index contributed by atoms with van der Waals surface area (Å²) in [6.45, 7) is 4.15. The zero-order chi connectivity index (χ0) is 27.2. The fourth-order valence-electron chi connectivity index (χ4n) is 3.93. The molecule has 3 nitrogen and oxygen atoms in total. The first-order valence-corrected chi connectivity index (χ1v) is 12.3. The Balaban J connectivity index is 1.48. The van der Waals surface area contributed by atoms with Crippen LogP contribution in [-0.4, -0.2) is 12.6 Å². The van der Waals surface area contributed by atoms with E-state index in [9.17, 15) is 22.4 Å². The normalized spacial score (nSPS) is 10.9. The van der Waals surface area contributed by atoms with Gasteiger partial charge in [-0.15, -0.1) is 0 Å². The lowest BCUT2D eigenvalue weighted by Crippen LogP contribution is -2.12. The van der Waals surface area contributed by atoms with Gasteiger partial charge in [0.2, 0.25) is 5.82 Å². The largest absolute Gasteiger partial charge is 0.490 e. The Morgan fingerprint density at radius 1 is 0.684 bits per heavy atom. The summed E-state index contributed by atoms with van der Waals surface area (Å²) in [6.07, 6.45) is 2.55. The van der Waals surface area contributed by atoms with Crippen molar-refractivity contribution >= 4 is 5.97 Å². The van der Waals surface area contributed by atoms with E-state index in [0.29, 0.717) is 17.5 Å². The molecule has 4 rings (SSSR count). The third kappa shape index (κ3) is 5.88. The zero-order valence-corrected chi connectivity index (χ0v) is 21.0. The molecule has 0 bridgehead atoms. The van der Waals surface area contributed by atoms with Crippen LogP contribution in [0.15, 0.2) is 72.8 Å². The standard InChI is InChI=1S/C31H26F4O3/c1-3-4-5-18-37-26-17-16-25(29(34)30(26)35)31(36)38-22-12-10-21(11-13-22)24-15-14-23(27(32)28(24)33)20-8-6-19(2)7-9-20/h6-17H,3-5,18H2,1-2H3. The van der Waals surface area contributed by atoms with Gasteiger partial charge in [-0.3, -0.25) is 0 Å². The highest BCUT2D eigenvalue weighted by molar-refractivity contribution is 5.91. The van der Waals surface area contributed by atoms with Crippen LogP contribution in [0, 0.1) is 30.2 Å². The summed E-state index contributed by atoms with van der Waals surface area (Å²) in [4.78, 5) is 12.5. The molecule has 4 aromatic carbocycles. The highest BCUT2D eigenvalue weighted by Gasteiger charge is 2.22. The van der Waals surface area contributed by atoms with Gasteiger partial charge in [-0.25, -0.2) is 18.0 Å². The minimum Gasteiger partial charge on any atom is -0.490 e. The van der Waals surface area contributed by atoms with E-state index in [1.54, 1.807) is 12.1 Å². The molecule has 4 aromatic rings. The number of carbonyl (C=O) groups excluding carboxylic acids is 1. The summed E-state index contributed by atoms with van der Waals surface area (Å²) in [5.74, 6) is -5.98. The molecule has 0 saturated carbocycles. The van der Waals surface area contributed by atoms with E-state index in [0.717, 1.165) is 24.5 Å². The summed E-state index contributed by atoms with van der Waals surface area (Å²) in [6, 6.07) is 17.9. The number of hydrogen-bond donors (Lipinski definition) is 0. The molecule has 0 heterocycles. The quantitative estimate of drug-likeness (QED) is 0.0955. The highest BCUT2D eigenvalue weighted by Crippen LogP contribution is 2.32. The van der Waals surface area contributed by atoms with Crippen LogP contribution in [0.1, 0.15) is 42.1 Å². The number of carbonyl (C=O) groups is 1. The Hall–Kier alpha value is -4.13. The number of ether oxygens (including phenoxy) is 2. The molecule has 0 unspecified atom stereocenters. The first-order chi connectivity index (χ1) is 18.3. The maximum absolute atomic E-state index is 14.9. The fourth-order valence-corrected chi connectivity index (χ4v) is 3.93. The monoisotopic (exact) mass is 522 g/mol. The molecular weight excluding hydrogens is 496 g/mol. The maximum Gasteiger partial charge on any atom is 0.346 e. The molecule has 0 aliphatic rings. The van der Waals surface area contributed by atoms with Crippen LogP contribution in [0.3, 0.4) is 0 Å². The molecule has 0 fully saturated rings. The molecule has 0 aliphatic carbocycles. The SMILES string of the molecule is CCCCCOc1ccc(C(=O)Oc2ccc(-c3ccc(-c4ccc(C)cc4)c(F)c3F)cc2)c(F)c1F. The summed E-state index contributed by atoms with van der Waals surface area (Å²) in [5.41, 5.74) is 1.48. The second-order valence-corrected chi connectivity index (χ2v) is 8.86. The molecule has 196 valence electrons. The Morgan fingerprint density at radius 3 is 1.84 bits per heavy atom. The third-order valence-electron chi connectivity index (χ3n) is 6.09. The fraction of sp³-hybridized carbons (Fsp3) is 0.194. The van der Waals surface area contributed by atoms with Crippen molar-refractivity contribution in [2.75, 3.05) is 6.61 Å². The smallest absolute Gasteiger partial charge is 0.346 e. The second kappa shape index (κ2) is 11.9. The van der Waals surface area contributed by atoms with Gasteiger partial charge in [-0.2, -0.15) is 4.39 Å². The third-order valence-corrected chi connectivity index (χ3v) is 6.09. The Bertz CT molecular complexity index is 1430. The van der Waals surface area contributed by atoms with Gasteiger partial charge in [0.05, 0.1) is 12.2 Å². The highest BCUT2D eigenvalue weighted by atomic mass is 19.2. The minimum atomic E-state index is -1.37. The lowest BCUT2D eigenvalue weighted by Gasteiger charge is -2.11.